The molecule has 1 aromatic carbocycles. The average molecular weight is 503 g/mol. The van der Waals surface area contributed by atoms with E-state index in [1.807, 2.05) is 28.1 Å². The molecule has 0 spiro atoms. The molecule has 3 amide bonds. The first-order valence-electron chi connectivity index (χ1n) is 13.0. The molecule has 37 heavy (non-hydrogen) atoms. The molecule has 0 radical (unpaired) electrons. The highest BCUT2D eigenvalue weighted by Gasteiger charge is 2.50. The van der Waals surface area contributed by atoms with Crippen LogP contribution in [0.2, 0.25) is 0 Å². The number of benzene rings is 1. The SMILES string of the molecule is C=CC(=O)N1CC2CC1CC2N1Cc2cnc(Nc3ccc(N4CCN(C)CC4)cc3)nc2N(C)C1=O. The number of fused-ring (bicyclic) bond motifs is 3. The summed E-state index contributed by atoms with van der Waals surface area (Å²) in [5.41, 5.74) is 3.05. The molecule has 2 bridgehead atoms. The monoisotopic (exact) mass is 502 g/mol. The number of nitrogens with zero attached hydrogens (tertiary/aromatic N) is 7. The van der Waals surface area contributed by atoms with Crippen molar-refractivity contribution in [3.05, 3.63) is 48.7 Å². The summed E-state index contributed by atoms with van der Waals surface area (Å²) in [4.78, 5) is 45.0. The summed E-state index contributed by atoms with van der Waals surface area (Å²) in [6.45, 7) is 9.00. The van der Waals surface area contributed by atoms with E-state index < -0.39 is 0 Å². The summed E-state index contributed by atoms with van der Waals surface area (Å²) in [6, 6.07) is 8.60. The lowest BCUT2D eigenvalue weighted by molar-refractivity contribution is -0.128. The van der Waals surface area contributed by atoms with Crippen LogP contribution in [0, 0.1) is 5.92 Å². The molecule has 2 saturated heterocycles. The molecule has 6 rings (SSSR count). The van der Waals surface area contributed by atoms with Crippen LogP contribution in [-0.4, -0.2) is 95.5 Å². The quantitative estimate of drug-likeness (QED) is 0.629. The van der Waals surface area contributed by atoms with E-state index in [2.05, 4.69) is 45.9 Å². The largest absolute Gasteiger partial charge is 0.369 e. The van der Waals surface area contributed by atoms with Crippen molar-refractivity contribution in [2.75, 3.05) is 61.9 Å². The van der Waals surface area contributed by atoms with Crippen molar-refractivity contribution in [2.45, 2.75) is 31.5 Å². The summed E-state index contributed by atoms with van der Waals surface area (Å²) in [6.07, 6.45) is 4.96. The van der Waals surface area contributed by atoms with E-state index in [4.69, 9.17) is 4.98 Å². The molecular formula is C27H34N8O2. The Bertz CT molecular complexity index is 1210. The van der Waals surface area contributed by atoms with E-state index in [1.165, 1.54) is 11.8 Å². The van der Waals surface area contributed by atoms with Crippen LogP contribution in [-0.2, 0) is 11.3 Å². The molecule has 1 N–H and O–H groups in total. The first-order valence-corrected chi connectivity index (χ1v) is 13.0. The number of rotatable bonds is 5. The Morgan fingerprint density at radius 1 is 1.11 bits per heavy atom. The number of carbonyl (C=O) groups is 2. The van der Waals surface area contributed by atoms with Gasteiger partial charge in [-0.05, 0) is 56.1 Å². The van der Waals surface area contributed by atoms with Crippen LogP contribution in [0.1, 0.15) is 18.4 Å². The normalized spacial score (nSPS) is 25.5. The lowest BCUT2D eigenvalue weighted by atomic mass is 9.99. The molecule has 3 fully saturated rings. The third kappa shape index (κ3) is 4.29. The number of piperidine rings is 1. The lowest BCUT2D eigenvalue weighted by Crippen LogP contribution is -2.54. The van der Waals surface area contributed by atoms with Gasteiger partial charge in [0.05, 0.1) is 6.54 Å². The Morgan fingerprint density at radius 3 is 2.54 bits per heavy atom. The van der Waals surface area contributed by atoms with Gasteiger partial charge in [0.25, 0.3) is 0 Å². The third-order valence-electron chi connectivity index (χ3n) is 8.39. The van der Waals surface area contributed by atoms with Gasteiger partial charge in [0.1, 0.15) is 5.82 Å². The second-order valence-electron chi connectivity index (χ2n) is 10.6. The number of urea groups is 1. The highest BCUT2D eigenvalue weighted by molar-refractivity contribution is 5.93. The Labute approximate surface area is 217 Å². The van der Waals surface area contributed by atoms with Gasteiger partial charge in [-0.1, -0.05) is 6.58 Å². The van der Waals surface area contributed by atoms with Gasteiger partial charge >= 0.3 is 6.03 Å². The Balaban J connectivity index is 1.13. The first kappa shape index (κ1) is 23.7. The minimum atomic E-state index is -0.0483. The van der Waals surface area contributed by atoms with Gasteiger partial charge in [-0.15, -0.1) is 0 Å². The number of likely N-dealkylation sites (tertiary alicyclic amines) is 1. The minimum absolute atomic E-state index is 0.0132. The maximum Gasteiger partial charge on any atom is 0.325 e. The molecule has 1 saturated carbocycles. The van der Waals surface area contributed by atoms with Crippen LogP contribution >= 0.6 is 0 Å². The average Bonchev–Trinajstić information content (AvgIpc) is 3.53. The van der Waals surface area contributed by atoms with Crippen LogP contribution in [0.5, 0.6) is 0 Å². The summed E-state index contributed by atoms with van der Waals surface area (Å²) in [5, 5.41) is 3.29. The molecular weight excluding hydrogens is 468 g/mol. The minimum Gasteiger partial charge on any atom is -0.369 e. The van der Waals surface area contributed by atoms with E-state index >= 15 is 0 Å². The van der Waals surface area contributed by atoms with Crippen molar-refractivity contribution < 1.29 is 9.59 Å². The van der Waals surface area contributed by atoms with Gasteiger partial charge in [0, 0.05) is 75.0 Å². The van der Waals surface area contributed by atoms with Crippen LogP contribution in [0.15, 0.2) is 43.1 Å². The van der Waals surface area contributed by atoms with Gasteiger partial charge in [-0.25, -0.2) is 9.78 Å². The molecule has 3 unspecified atom stereocenters. The zero-order valence-corrected chi connectivity index (χ0v) is 21.5. The molecule has 2 aromatic rings. The van der Waals surface area contributed by atoms with Crippen molar-refractivity contribution in [1.29, 1.82) is 0 Å². The summed E-state index contributed by atoms with van der Waals surface area (Å²) in [5.74, 6) is 1.39. The van der Waals surface area contributed by atoms with Crippen molar-refractivity contribution >= 4 is 35.1 Å². The Morgan fingerprint density at radius 2 is 1.86 bits per heavy atom. The topological polar surface area (TPSA) is 88.2 Å². The second-order valence-corrected chi connectivity index (χ2v) is 10.6. The van der Waals surface area contributed by atoms with E-state index in [0.717, 1.165) is 50.3 Å². The number of piperazine rings is 1. The van der Waals surface area contributed by atoms with Crippen LogP contribution < -0.4 is 15.1 Å². The first-order chi connectivity index (χ1) is 17.9. The predicted octanol–water partition coefficient (Wildman–Crippen LogP) is 2.52. The number of anilines is 4. The molecule has 4 aliphatic rings. The third-order valence-corrected chi connectivity index (χ3v) is 8.39. The number of hydrogen-bond acceptors (Lipinski definition) is 7. The fraction of sp³-hybridized carbons (Fsp3) is 0.481. The van der Waals surface area contributed by atoms with Crippen molar-refractivity contribution in [2.24, 2.45) is 5.92 Å². The fourth-order valence-corrected chi connectivity index (χ4v) is 6.30. The fourth-order valence-electron chi connectivity index (χ4n) is 6.30. The maximum absolute atomic E-state index is 13.4. The molecule has 1 aliphatic carbocycles. The highest BCUT2D eigenvalue weighted by atomic mass is 16.2. The zero-order chi connectivity index (χ0) is 25.7. The van der Waals surface area contributed by atoms with Crippen LogP contribution in [0.25, 0.3) is 0 Å². The smallest absolute Gasteiger partial charge is 0.325 e. The van der Waals surface area contributed by atoms with Crippen LogP contribution in [0.3, 0.4) is 0 Å². The number of nitrogens with one attached hydrogen (secondary N) is 1. The highest BCUT2D eigenvalue weighted by Crippen LogP contribution is 2.42. The van der Waals surface area contributed by atoms with E-state index in [9.17, 15) is 9.59 Å². The molecule has 1 aromatic heterocycles. The lowest BCUT2D eigenvalue weighted by Gasteiger charge is -2.42. The standard InChI is InChI=1S/C27H34N8O2/c1-4-24(36)34-16-18-13-22(34)14-23(18)35-17-19-15-28-26(30-25(19)32(3)27(35)37)29-20-5-7-21(8-6-20)33-11-9-31(2)10-12-33/h4-8,15,18,22-23H,1,9-14,16-17H2,2-3H3,(H,28,29,30). The maximum atomic E-state index is 13.4. The van der Waals surface area contributed by atoms with Crippen molar-refractivity contribution in [3.8, 4) is 0 Å². The molecule has 10 nitrogen and oxygen atoms in total. The number of carbonyl (C=O) groups excluding carboxylic acids is 2. The number of likely N-dealkylation sites (N-methyl/N-ethyl adjacent to an activating group) is 1. The number of amides is 3. The number of hydrogen-bond donors (Lipinski definition) is 1. The van der Waals surface area contributed by atoms with Crippen LogP contribution in [0.4, 0.5) is 27.9 Å². The molecule has 3 atom stereocenters. The second kappa shape index (κ2) is 9.33. The van der Waals surface area contributed by atoms with Gasteiger partial charge in [-0.3, -0.25) is 9.69 Å². The van der Waals surface area contributed by atoms with Gasteiger partial charge in [-0.2, -0.15) is 4.98 Å². The Kier molecular flexibility index (Phi) is 5.98. The van der Waals surface area contributed by atoms with E-state index in [0.29, 0.717) is 30.8 Å². The molecule has 4 heterocycles. The van der Waals surface area contributed by atoms with E-state index in [1.54, 1.807) is 11.9 Å². The Hall–Kier alpha value is -3.66. The van der Waals surface area contributed by atoms with Gasteiger partial charge in [0.2, 0.25) is 11.9 Å². The number of aromatic nitrogens is 2. The summed E-state index contributed by atoms with van der Waals surface area (Å²) in [7, 11) is 3.93. The predicted molar refractivity (Wildman–Crippen MR) is 143 cm³/mol. The molecule has 3 aliphatic heterocycles. The zero-order valence-electron chi connectivity index (χ0n) is 21.5. The summed E-state index contributed by atoms with van der Waals surface area (Å²) >= 11 is 0. The van der Waals surface area contributed by atoms with E-state index in [-0.39, 0.29) is 24.0 Å². The van der Waals surface area contributed by atoms with Crippen molar-refractivity contribution in [1.82, 2.24) is 24.7 Å². The van der Waals surface area contributed by atoms with Gasteiger partial charge in [0.15, 0.2) is 0 Å². The molecule has 194 valence electrons. The summed E-state index contributed by atoms with van der Waals surface area (Å²) < 4.78 is 0. The molecule has 10 heteroatoms. The van der Waals surface area contributed by atoms with Crippen molar-refractivity contribution in [3.63, 3.8) is 0 Å². The van der Waals surface area contributed by atoms with Gasteiger partial charge < -0.3 is 24.9 Å².